The number of nitrogens with zero attached hydrogens (tertiary/aromatic N) is 1. The van der Waals surface area contributed by atoms with Crippen LogP contribution in [0.25, 0.3) is 21.8 Å². The molecule has 0 amide bonds. The predicted molar refractivity (Wildman–Crippen MR) is 120 cm³/mol. The predicted octanol–water partition coefficient (Wildman–Crippen LogP) is 4.75. The molecule has 1 aliphatic heterocycles. The molecule has 5 nitrogen and oxygen atoms in total. The number of morpholine rings is 1. The Bertz CT molecular complexity index is 963. The van der Waals surface area contributed by atoms with Gasteiger partial charge in [0, 0.05) is 35.9 Å². The van der Waals surface area contributed by atoms with Gasteiger partial charge in [-0.05, 0) is 31.0 Å². The number of hydrogen-bond donors (Lipinski definition) is 1. The summed E-state index contributed by atoms with van der Waals surface area (Å²) in [7, 11) is 0. The first-order chi connectivity index (χ1) is 14.9. The Balaban J connectivity index is 1.16. The Morgan fingerprint density at radius 3 is 2.80 bits per heavy atom. The lowest BCUT2D eigenvalue weighted by Crippen LogP contribution is -2.46. The number of ether oxygens (including phenoxy) is 3. The smallest absolute Gasteiger partial charge is 0.129 e. The molecule has 5 heteroatoms. The molecule has 0 spiro atoms. The number of para-hydroxylation sites is 1. The molecule has 30 heavy (non-hydrogen) atoms. The van der Waals surface area contributed by atoms with Crippen LogP contribution in [0.5, 0.6) is 5.75 Å². The Hall–Kier alpha value is -2.08. The van der Waals surface area contributed by atoms with Crippen LogP contribution in [0.2, 0.25) is 0 Å². The molecule has 160 valence electrons. The van der Waals surface area contributed by atoms with Crippen LogP contribution in [0.3, 0.4) is 0 Å². The van der Waals surface area contributed by atoms with Crippen molar-refractivity contribution in [3.63, 3.8) is 0 Å². The lowest BCUT2D eigenvalue weighted by atomic mass is 9.98. The van der Waals surface area contributed by atoms with E-state index in [1.807, 2.05) is 6.07 Å². The van der Waals surface area contributed by atoms with Crippen LogP contribution >= 0.6 is 0 Å². The third kappa shape index (κ3) is 4.48. The molecule has 1 atom stereocenters. The molecule has 3 aromatic rings. The summed E-state index contributed by atoms with van der Waals surface area (Å²) in [6, 6.07) is 14.6. The SMILES string of the molecule is c1ccc2c(c1)[nH]c1cccc(OCC3CN(CCOC4CCCCC4)CCO3)c12. The van der Waals surface area contributed by atoms with E-state index in [0.29, 0.717) is 12.7 Å². The highest BCUT2D eigenvalue weighted by Gasteiger charge is 2.22. The number of rotatable bonds is 7. The number of nitrogens with one attached hydrogen (secondary N) is 1. The molecule has 2 heterocycles. The maximum absolute atomic E-state index is 6.27. The largest absolute Gasteiger partial charge is 0.490 e. The van der Waals surface area contributed by atoms with E-state index in [-0.39, 0.29) is 6.10 Å². The summed E-state index contributed by atoms with van der Waals surface area (Å²) >= 11 is 0. The topological polar surface area (TPSA) is 46.7 Å². The summed E-state index contributed by atoms with van der Waals surface area (Å²) in [4.78, 5) is 5.93. The Morgan fingerprint density at radius 1 is 1.00 bits per heavy atom. The van der Waals surface area contributed by atoms with Crippen molar-refractivity contribution >= 4 is 21.8 Å². The zero-order valence-electron chi connectivity index (χ0n) is 17.6. The Labute approximate surface area is 178 Å². The maximum Gasteiger partial charge on any atom is 0.129 e. The molecular weight excluding hydrogens is 376 g/mol. The number of fused-ring (bicyclic) bond motifs is 3. The minimum Gasteiger partial charge on any atom is -0.490 e. The summed E-state index contributed by atoms with van der Waals surface area (Å²) in [5.41, 5.74) is 2.25. The molecule has 0 bridgehead atoms. The molecule has 1 saturated carbocycles. The Kier molecular flexibility index (Phi) is 6.21. The molecule has 1 saturated heterocycles. The molecule has 1 N–H and O–H groups in total. The van der Waals surface area contributed by atoms with Gasteiger partial charge in [-0.15, -0.1) is 0 Å². The van der Waals surface area contributed by atoms with Crippen molar-refractivity contribution in [2.24, 2.45) is 0 Å². The minimum absolute atomic E-state index is 0.0916. The van der Waals surface area contributed by atoms with Crippen molar-refractivity contribution in [1.82, 2.24) is 9.88 Å². The van der Waals surface area contributed by atoms with Gasteiger partial charge in [-0.1, -0.05) is 43.5 Å². The standard InChI is InChI=1S/C25H32N2O3/c1-2-7-19(8-3-1)28-15-13-27-14-16-29-20(17-27)18-30-24-12-6-11-23-25(24)21-9-4-5-10-22(21)26-23/h4-6,9-12,19-20,26H,1-3,7-8,13-18H2. The van der Waals surface area contributed by atoms with Gasteiger partial charge in [-0.3, -0.25) is 4.90 Å². The van der Waals surface area contributed by atoms with Gasteiger partial charge in [0.25, 0.3) is 0 Å². The van der Waals surface area contributed by atoms with Crippen LogP contribution in [0.4, 0.5) is 0 Å². The van der Waals surface area contributed by atoms with Gasteiger partial charge in [0.1, 0.15) is 18.5 Å². The third-order valence-corrected chi connectivity index (χ3v) is 6.45. The fourth-order valence-corrected chi connectivity index (χ4v) is 4.84. The lowest BCUT2D eigenvalue weighted by molar-refractivity contribution is -0.0594. The first kappa shape index (κ1) is 19.9. The van der Waals surface area contributed by atoms with E-state index in [9.17, 15) is 0 Å². The van der Waals surface area contributed by atoms with Gasteiger partial charge in [0.15, 0.2) is 0 Å². The monoisotopic (exact) mass is 408 g/mol. The summed E-state index contributed by atoms with van der Waals surface area (Å²) in [5.74, 6) is 0.923. The first-order valence-corrected chi connectivity index (χ1v) is 11.4. The summed E-state index contributed by atoms with van der Waals surface area (Å²) in [6.07, 6.45) is 7.06. The van der Waals surface area contributed by atoms with Crippen LogP contribution in [-0.4, -0.2) is 61.5 Å². The second-order valence-electron chi connectivity index (χ2n) is 8.58. The summed E-state index contributed by atoms with van der Waals surface area (Å²) < 4.78 is 18.4. The van der Waals surface area contributed by atoms with Gasteiger partial charge in [0.2, 0.25) is 0 Å². The third-order valence-electron chi connectivity index (χ3n) is 6.45. The summed E-state index contributed by atoms with van der Waals surface area (Å²) in [6.45, 7) is 5.01. The Morgan fingerprint density at radius 2 is 1.87 bits per heavy atom. The number of benzene rings is 2. The fourth-order valence-electron chi connectivity index (χ4n) is 4.84. The van der Waals surface area contributed by atoms with E-state index < -0.39 is 0 Å². The van der Waals surface area contributed by atoms with E-state index in [2.05, 4.69) is 46.3 Å². The number of aromatic amines is 1. The molecule has 0 radical (unpaired) electrons. The van der Waals surface area contributed by atoms with Gasteiger partial charge < -0.3 is 19.2 Å². The highest BCUT2D eigenvalue weighted by molar-refractivity contribution is 6.10. The molecule has 2 aromatic carbocycles. The van der Waals surface area contributed by atoms with E-state index in [4.69, 9.17) is 14.2 Å². The van der Waals surface area contributed by atoms with Crippen LogP contribution in [0.15, 0.2) is 42.5 Å². The van der Waals surface area contributed by atoms with Crippen molar-refractivity contribution in [1.29, 1.82) is 0 Å². The number of aromatic nitrogens is 1. The molecule has 2 aliphatic rings. The molecule has 1 aliphatic carbocycles. The zero-order valence-corrected chi connectivity index (χ0v) is 17.6. The van der Waals surface area contributed by atoms with Crippen LogP contribution in [0.1, 0.15) is 32.1 Å². The van der Waals surface area contributed by atoms with Crippen molar-refractivity contribution in [3.05, 3.63) is 42.5 Å². The quantitative estimate of drug-likeness (QED) is 0.613. The van der Waals surface area contributed by atoms with Crippen LogP contribution < -0.4 is 4.74 Å². The zero-order chi connectivity index (χ0) is 20.2. The highest BCUT2D eigenvalue weighted by Crippen LogP contribution is 2.33. The minimum atomic E-state index is 0.0916. The van der Waals surface area contributed by atoms with E-state index in [0.717, 1.165) is 55.0 Å². The highest BCUT2D eigenvalue weighted by atomic mass is 16.5. The van der Waals surface area contributed by atoms with Gasteiger partial charge in [-0.2, -0.15) is 0 Å². The average molecular weight is 409 g/mol. The second-order valence-corrected chi connectivity index (χ2v) is 8.58. The van der Waals surface area contributed by atoms with Crippen LogP contribution in [-0.2, 0) is 9.47 Å². The molecule has 5 rings (SSSR count). The first-order valence-electron chi connectivity index (χ1n) is 11.4. The van der Waals surface area contributed by atoms with Crippen molar-refractivity contribution in [3.8, 4) is 5.75 Å². The molecule has 2 fully saturated rings. The van der Waals surface area contributed by atoms with Crippen LogP contribution in [0, 0.1) is 0 Å². The van der Waals surface area contributed by atoms with Crippen molar-refractivity contribution < 1.29 is 14.2 Å². The summed E-state index contributed by atoms with van der Waals surface area (Å²) in [5, 5.41) is 2.36. The normalized spacial score (nSPS) is 21.4. The maximum atomic E-state index is 6.27. The second kappa shape index (κ2) is 9.38. The van der Waals surface area contributed by atoms with Crippen molar-refractivity contribution in [2.75, 3.05) is 39.5 Å². The molecule has 1 unspecified atom stereocenters. The lowest BCUT2D eigenvalue weighted by Gasteiger charge is -2.33. The fraction of sp³-hybridized carbons (Fsp3) is 0.520. The van der Waals surface area contributed by atoms with Gasteiger partial charge in [0.05, 0.1) is 24.8 Å². The van der Waals surface area contributed by atoms with Crippen molar-refractivity contribution in [2.45, 2.75) is 44.3 Å². The molecular formula is C25H32N2O3. The van der Waals surface area contributed by atoms with E-state index in [1.165, 1.54) is 37.5 Å². The van der Waals surface area contributed by atoms with Gasteiger partial charge >= 0.3 is 0 Å². The van der Waals surface area contributed by atoms with E-state index >= 15 is 0 Å². The van der Waals surface area contributed by atoms with E-state index in [1.54, 1.807) is 0 Å². The number of H-pyrrole nitrogens is 1. The number of hydrogen-bond acceptors (Lipinski definition) is 4. The average Bonchev–Trinajstić information content (AvgIpc) is 3.18. The molecule has 1 aromatic heterocycles. The van der Waals surface area contributed by atoms with Gasteiger partial charge in [-0.25, -0.2) is 0 Å².